The van der Waals surface area contributed by atoms with Crippen molar-refractivity contribution in [3.05, 3.63) is 0 Å². The number of amides is 1. The van der Waals surface area contributed by atoms with Crippen molar-refractivity contribution in [2.24, 2.45) is 0 Å². The summed E-state index contributed by atoms with van der Waals surface area (Å²) in [5, 5.41) is 0. The lowest BCUT2D eigenvalue weighted by Gasteiger charge is -2.22. The smallest absolute Gasteiger partial charge is 0.224 e. The fourth-order valence-corrected chi connectivity index (χ4v) is 1.92. The van der Waals surface area contributed by atoms with Gasteiger partial charge in [-0.2, -0.15) is 0 Å². The molecule has 1 saturated heterocycles. The zero-order chi connectivity index (χ0) is 8.43. The van der Waals surface area contributed by atoms with Crippen LogP contribution in [0.25, 0.3) is 0 Å². The van der Waals surface area contributed by atoms with Gasteiger partial charge in [-0.05, 0) is 13.3 Å². The highest BCUT2D eigenvalue weighted by Crippen LogP contribution is 2.20. The summed E-state index contributed by atoms with van der Waals surface area (Å²) in [5.74, 6) is 0.293. The first kappa shape index (κ1) is 9.04. The molecule has 0 spiro atoms. The number of carbonyl (C=O) groups excluding carboxylic acids is 1. The van der Waals surface area contributed by atoms with Crippen molar-refractivity contribution in [2.75, 3.05) is 6.54 Å². The van der Waals surface area contributed by atoms with Crippen LogP contribution in [0.4, 0.5) is 0 Å². The molecule has 0 aromatic carbocycles. The van der Waals surface area contributed by atoms with E-state index in [2.05, 4.69) is 29.8 Å². The van der Waals surface area contributed by atoms with Gasteiger partial charge in [-0.15, -0.1) is 0 Å². The Morgan fingerprint density at radius 1 is 1.82 bits per heavy atom. The molecule has 64 valence electrons. The lowest BCUT2D eigenvalue weighted by atomic mass is 10.2. The molecule has 1 fully saturated rings. The highest BCUT2D eigenvalue weighted by molar-refractivity contribution is 9.09. The van der Waals surface area contributed by atoms with Crippen molar-refractivity contribution in [3.8, 4) is 0 Å². The molecule has 2 atom stereocenters. The largest absolute Gasteiger partial charge is 0.339 e. The van der Waals surface area contributed by atoms with Gasteiger partial charge in [-0.1, -0.05) is 22.9 Å². The molecule has 3 heteroatoms. The zero-order valence-corrected chi connectivity index (χ0v) is 8.60. The van der Waals surface area contributed by atoms with Crippen LogP contribution in [0.5, 0.6) is 0 Å². The highest BCUT2D eigenvalue weighted by atomic mass is 79.9. The van der Waals surface area contributed by atoms with Gasteiger partial charge in [0.25, 0.3) is 0 Å². The van der Waals surface area contributed by atoms with Gasteiger partial charge in [0.1, 0.15) is 0 Å². The number of carbonyl (C=O) groups is 1. The predicted octanol–water partition coefficient (Wildman–Crippen LogP) is 1.78. The predicted molar refractivity (Wildman–Crippen MR) is 48.8 cm³/mol. The maximum absolute atomic E-state index is 11.3. The Morgan fingerprint density at radius 2 is 2.45 bits per heavy atom. The standard InChI is InChI=1S/C8H14BrNO/c1-3-6(2)10-5-7(9)4-8(10)11/h6-7H,3-5H2,1-2H3. The van der Waals surface area contributed by atoms with E-state index < -0.39 is 0 Å². The first-order chi connectivity index (χ1) is 5.15. The molecule has 0 radical (unpaired) electrons. The molecule has 1 aliphatic heterocycles. The van der Waals surface area contributed by atoms with E-state index in [0.717, 1.165) is 13.0 Å². The molecule has 0 saturated carbocycles. The monoisotopic (exact) mass is 219 g/mol. The molecule has 2 nitrogen and oxygen atoms in total. The Labute approximate surface area is 76.1 Å². The summed E-state index contributed by atoms with van der Waals surface area (Å²) >= 11 is 3.45. The molecule has 1 rings (SSSR count). The van der Waals surface area contributed by atoms with E-state index in [1.54, 1.807) is 0 Å². The summed E-state index contributed by atoms with van der Waals surface area (Å²) in [7, 11) is 0. The summed E-state index contributed by atoms with van der Waals surface area (Å²) in [5.41, 5.74) is 0. The number of likely N-dealkylation sites (tertiary alicyclic amines) is 1. The normalized spacial score (nSPS) is 27.7. The average Bonchev–Trinajstić information content (AvgIpc) is 2.28. The number of nitrogens with zero attached hydrogens (tertiary/aromatic N) is 1. The zero-order valence-electron chi connectivity index (χ0n) is 7.01. The van der Waals surface area contributed by atoms with Gasteiger partial charge < -0.3 is 4.90 Å². The van der Waals surface area contributed by atoms with Crippen molar-refractivity contribution >= 4 is 21.8 Å². The molecule has 11 heavy (non-hydrogen) atoms. The first-order valence-corrected chi connectivity index (χ1v) is 5.00. The average molecular weight is 220 g/mol. The minimum absolute atomic E-state index is 0.293. The van der Waals surface area contributed by atoms with Crippen LogP contribution >= 0.6 is 15.9 Å². The molecule has 1 amide bonds. The fourth-order valence-electron chi connectivity index (χ4n) is 1.33. The molecule has 1 aliphatic rings. The summed E-state index contributed by atoms with van der Waals surface area (Å²) in [6.07, 6.45) is 1.72. The molecule has 0 bridgehead atoms. The minimum Gasteiger partial charge on any atom is -0.339 e. The number of hydrogen-bond acceptors (Lipinski definition) is 1. The quantitative estimate of drug-likeness (QED) is 0.649. The summed E-state index contributed by atoms with van der Waals surface area (Å²) in [4.78, 5) is 13.6. The van der Waals surface area contributed by atoms with Gasteiger partial charge in [0.2, 0.25) is 5.91 Å². The topological polar surface area (TPSA) is 20.3 Å². The molecular formula is C8H14BrNO. The minimum atomic E-state index is 0.293. The number of halogens is 1. The van der Waals surface area contributed by atoms with Gasteiger partial charge in [0.15, 0.2) is 0 Å². The summed E-state index contributed by atoms with van der Waals surface area (Å²) in [6, 6.07) is 0.407. The summed E-state index contributed by atoms with van der Waals surface area (Å²) < 4.78 is 0. The van der Waals surface area contributed by atoms with Crippen LogP contribution in [0.15, 0.2) is 0 Å². The molecule has 0 aromatic heterocycles. The Bertz CT molecular complexity index is 160. The van der Waals surface area contributed by atoms with Crippen LogP contribution in [0.2, 0.25) is 0 Å². The molecule has 0 aliphatic carbocycles. The van der Waals surface area contributed by atoms with E-state index in [-0.39, 0.29) is 0 Å². The van der Waals surface area contributed by atoms with Crippen LogP contribution in [-0.4, -0.2) is 28.2 Å². The molecule has 1 heterocycles. The van der Waals surface area contributed by atoms with E-state index >= 15 is 0 Å². The molecule has 0 N–H and O–H groups in total. The molecule has 0 aromatic rings. The Balaban J connectivity index is 2.52. The van der Waals surface area contributed by atoms with Crippen molar-refractivity contribution in [2.45, 2.75) is 37.6 Å². The second-order valence-corrected chi connectivity index (χ2v) is 4.40. The van der Waals surface area contributed by atoms with E-state index in [9.17, 15) is 4.79 Å². The van der Waals surface area contributed by atoms with Crippen molar-refractivity contribution < 1.29 is 4.79 Å². The Kier molecular flexibility index (Phi) is 2.93. The van der Waals surface area contributed by atoms with Crippen LogP contribution < -0.4 is 0 Å². The van der Waals surface area contributed by atoms with Gasteiger partial charge in [-0.25, -0.2) is 0 Å². The first-order valence-electron chi connectivity index (χ1n) is 4.08. The maximum Gasteiger partial charge on any atom is 0.224 e. The second-order valence-electron chi connectivity index (χ2n) is 3.10. The van der Waals surface area contributed by atoms with Gasteiger partial charge in [0, 0.05) is 23.8 Å². The Morgan fingerprint density at radius 3 is 2.82 bits per heavy atom. The lowest BCUT2D eigenvalue weighted by Crippen LogP contribution is -2.33. The fraction of sp³-hybridized carbons (Fsp3) is 0.875. The van der Waals surface area contributed by atoms with E-state index in [1.807, 2.05) is 4.90 Å². The SMILES string of the molecule is CCC(C)N1CC(Br)CC1=O. The van der Waals surface area contributed by atoms with Crippen LogP contribution in [0.3, 0.4) is 0 Å². The van der Waals surface area contributed by atoms with Crippen LogP contribution in [0.1, 0.15) is 26.7 Å². The van der Waals surface area contributed by atoms with Crippen LogP contribution in [-0.2, 0) is 4.79 Å². The number of rotatable bonds is 2. The maximum atomic E-state index is 11.3. The van der Waals surface area contributed by atoms with Gasteiger partial charge in [0.05, 0.1) is 0 Å². The van der Waals surface area contributed by atoms with Crippen molar-refractivity contribution in [1.82, 2.24) is 4.90 Å². The van der Waals surface area contributed by atoms with Gasteiger partial charge >= 0.3 is 0 Å². The van der Waals surface area contributed by atoms with Crippen LogP contribution in [0, 0.1) is 0 Å². The van der Waals surface area contributed by atoms with E-state index in [1.165, 1.54) is 0 Å². The molecule has 2 unspecified atom stereocenters. The lowest BCUT2D eigenvalue weighted by molar-refractivity contribution is -0.129. The third kappa shape index (κ3) is 1.95. The number of alkyl halides is 1. The highest BCUT2D eigenvalue weighted by Gasteiger charge is 2.29. The molecular weight excluding hydrogens is 206 g/mol. The Hall–Kier alpha value is -0.0500. The van der Waals surface area contributed by atoms with Crippen molar-refractivity contribution in [3.63, 3.8) is 0 Å². The number of hydrogen-bond donors (Lipinski definition) is 0. The third-order valence-electron chi connectivity index (χ3n) is 2.23. The van der Waals surface area contributed by atoms with E-state index in [0.29, 0.717) is 23.2 Å². The third-order valence-corrected chi connectivity index (χ3v) is 2.85. The summed E-state index contributed by atoms with van der Waals surface area (Å²) in [6.45, 7) is 5.09. The van der Waals surface area contributed by atoms with E-state index in [4.69, 9.17) is 0 Å². The van der Waals surface area contributed by atoms with Crippen molar-refractivity contribution in [1.29, 1.82) is 0 Å². The second kappa shape index (κ2) is 3.57. The van der Waals surface area contributed by atoms with Gasteiger partial charge in [-0.3, -0.25) is 4.79 Å².